The number of carbonyl (C=O) groups excluding carboxylic acids is 2. The van der Waals surface area contributed by atoms with Gasteiger partial charge in [0.2, 0.25) is 11.8 Å². The zero-order chi connectivity index (χ0) is 17.7. The van der Waals surface area contributed by atoms with Crippen LogP contribution in [0.25, 0.3) is 0 Å². The monoisotopic (exact) mass is 332 g/mol. The minimum atomic E-state index is -0.934. The molecule has 2 atom stereocenters. The van der Waals surface area contributed by atoms with E-state index < -0.39 is 11.9 Å². The van der Waals surface area contributed by atoms with E-state index in [1.54, 1.807) is 11.9 Å². The van der Waals surface area contributed by atoms with E-state index >= 15 is 0 Å². The minimum absolute atomic E-state index is 0.0454. The van der Waals surface area contributed by atoms with E-state index in [9.17, 15) is 19.5 Å². The zero-order valence-electron chi connectivity index (χ0n) is 14.1. The van der Waals surface area contributed by atoms with Crippen LogP contribution in [0.15, 0.2) is 24.3 Å². The topological polar surface area (TPSA) is 86.7 Å². The van der Waals surface area contributed by atoms with E-state index in [1.807, 2.05) is 31.2 Å². The van der Waals surface area contributed by atoms with Crippen molar-refractivity contribution in [2.24, 2.45) is 11.8 Å². The molecular formula is C18H24N2O4. The van der Waals surface area contributed by atoms with Crippen LogP contribution in [0, 0.1) is 18.8 Å². The average molecular weight is 332 g/mol. The lowest BCUT2D eigenvalue weighted by molar-refractivity contribution is -0.142. The van der Waals surface area contributed by atoms with Crippen LogP contribution in [0.4, 0.5) is 0 Å². The molecule has 0 bridgehead atoms. The Hall–Kier alpha value is -2.37. The highest BCUT2D eigenvalue weighted by atomic mass is 16.4. The molecule has 1 aliphatic heterocycles. The van der Waals surface area contributed by atoms with Gasteiger partial charge < -0.3 is 15.3 Å². The van der Waals surface area contributed by atoms with Crippen LogP contribution in [0.1, 0.15) is 24.0 Å². The van der Waals surface area contributed by atoms with Crippen molar-refractivity contribution >= 4 is 17.8 Å². The Morgan fingerprint density at radius 1 is 1.42 bits per heavy atom. The second-order valence-electron chi connectivity index (χ2n) is 6.48. The molecule has 1 fully saturated rings. The predicted octanol–water partition coefficient (Wildman–Crippen LogP) is 1.22. The van der Waals surface area contributed by atoms with Gasteiger partial charge in [-0.05, 0) is 25.3 Å². The normalized spacial score (nSPS) is 19.0. The van der Waals surface area contributed by atoms with Crippen molar-refractivity contribution in [2.75, 3.05) is 20.1 Å². The molecule has 0 unspecified atom stereocenters. The number of nitrogens with one attached hydrogen (secondary N) is 1. The molecule has 0 aromatic heterocycles. The molecule has 130 valence electrons. The summed E-state index contributed by atoms with van der Waals surface area (Å²) in [7, 11) is 1.72. The van der Waals surface area contributed by atoms with E-state index in [0.717, 1.165) is 11.1 Å². The maximum Gasteiger partial charge on any atom is 0.308 e. The molecule has 0 radical (unpaired) electrons. The molecule has 6 heteroatoms. The molecular weight excluding hydrogens is 308 g/mol. The number of nitrogens with zero attached hydrogens (tertiary/aromatic N) is 1. The third kappa shape index (κ3) is 4.81. The molecule has 0 saturated carbocycles. The minimum Gasteiger partial charge on any atom is -0.481 e. The van der Waals surface area contributed by atoms with Gasteiger partial charge in [-0.1, -0.05) is 29.8 Å². The predicted molar refractivity (Wildman–Crippen MR) is 89.4 cm³/mol. The Morgan fingerprint density at radius 3 is 2.79 bits per heavy atom. The number of amides is 2. The third-order valence-corrected chi connectivity index (χ3v) is 4.47. The first-order valence-electron chi connectivity index (χ1n) is 8.17. The summed E-state index contributed by atoms with van der Waals surface area (Å²) < 4.78 is 0. The van der Waals surface area contributed by atoms with Crippen molar-refractivity contribution in [3.8, 4) is 0 Å². The molecule has 1 aromatic rings. The number of aryl methyl sites for hydroxylation is 1. The SMILES string of the molecule is Cc1cccc(C[C@@H](CNC(=O)[C@@H]2CCN(C)C(=O)C2)C(=O)O)c1. The van der Waals surface area contributed by atoms with Gasteiger partial charge in [0.25, 0.3) is 0 Å². The molecule has 1 aromatic carbocycles. The summed E-state index contributed by atoms with van der Waals surface area (Å²) in [6.45, 7) is 2.59. The number of carboxylic acid groups (broad SMARTS) is 1. The molecule has 6 nitrogen and oxygen atoms in total. The van der Waals surface area contributed by atoms with Crippen LogP contribution >= 0.6 is 0 Å². The highest BCUT2D eigenvalue weighted by Gasteiger charge is 2.29. The van der Waals surface area contributed by atoms with Crippen LogP contribution in [0.5, 0.6) is 0 Å². The number of hydrogen-bond donors (Lipinski definition) is 2. The Bertz CT molecular complexity index is 629. The largest absolute Gasteiger partial charge is 0.481 e. The first kappa shape index (κ1) is 18.0. The van der Waals surface area contributed by atoms with Gasteiger partial charge in [-0.25, -0.2) is 0 Å². The summed E-state index contributed by atoms with van der Waals surface area (Å²) in [4.78, 5) is 37.0. The van der Waals surface area contributed by atoms with Gasteiger partial charge in [-0.3, -0.25) is 14.4 Å². The Morgan fingerprint density at radius 2 is 2.17 bits per heavy atom. The number of carboxylic acids is 1. The van der Waals surface area contributed by atoms with E-state index in [1.165, 1.54) is 0 Å². The van der Waals surface area contributed by atoms with E-state index in [4.69, 9.17) is 0 Å². The number of likely N-dealkylation sites (tertiary alicyclic amines) is 1. The molecule has 24 heavy (non-hydrogen) atoms. The van der Waals surface area contributed by atoms with Crippen LogP contribution < -0.4 is 5.32 Å². The molecule has 0 aliphatic carbocycles. The van der Waals surface area contributed by atoms with Gasteiger partial charge in [-0.2, -0.15) is 0 Å². The first-order chi connectivity index (χ1) is 11.4. The van der Waals surface area contributed by atoms with Crippen LogP contribution in [0.3, 0.4) is 0 Å². The number of aliphatic carboxylic acids is 1. The van der Waals surface area contributed by atoms with Crippen molar-refractivity contribution in [2.45, 2.75) is 26.2 Å². The van der Waals surface area contributed by atoms with E-state index in [0.29, 0.717) is 19.4 Å². The van der Waals surface area contributed by atoms with Gasteiger partial charge >= 0.3 is 5.97 Å². The van der Waals surface area contributed by atoms with E-state index in [2.05, 4.69) is 5.32 Å². The van der Waals surface area contributed by atoms with Crippen LogP contribution in [0.2, 0.25) is 0 Å². The molecule has 0 spiro atoms. The van der Waals surface area contributed by atoms with Crippen molar-refractivity contribution in [1.82, 2.24) is 10.2 Å². The maximum atomic E-state index is 12.2. The average Bonchev–Trinajstić information content (AvgIpc) is 2.53. The second-order valence-corrected chi connectivity index (χ2v) is 6.48. The summed E-state index contributed by atoms with van der Waals surface area (Å²) in [5, 5.41) is 12.1. The highest BCUT2D eigenvalue weighted by Crippen LogP contribution is 2.17. The smallest absolute Gasteiger partial charge is 0.308 e. The van der Waals surface area contributed by atoms with Crippen LogP contribution in [-0.4, -0.2) is 47.9 Å². The highest BCUT2D eigenvalue weighted by molar-refractivity contribution is 5.87. The molecule has 1 heterocycles. The third-order valence-electron chi connectivity index (χ3n) is 4.47. The molecule has 1 saturated heterocycles. The van der Waals surface area contributed by atoms with Gasteiger partial charge in [0, 0.05) is 32.5 Å². The summed E-state index contributed by atoms with van der Waals surface area (Å²) in [6.07, 6.45) is 1.17. The summed E-state index contributed by atoms with van der Waals surface area (Å²) in [5.74, 6) is -2.25. The number of hydrogen-bond acceptors (Lipinski definition) is 3. The van der Waals surface area contributed by atoms with Gasteiger partial charge in [0.15, 0.2) is 0 Å². The van der Waals surface area contributed by atoms with Crippen molar-refractivity contribution < 1.29 is 19.5 Å². The lowest BCUT2D eigenvalue weighted by Crippen LogP contribution is -2.43. The Labute approximate surface area is 141 Å². The zero-order valence-corrected chi connectivity index (χ0v) is 14.1. The van der Waals surface area contributed by atoms with Crippen molar-refractivity contribution in [3.05, 3.63) is 35.4 Å². The number of benzene rings is 1. The summed E-state index contributed by atoms with van der Waals surface area (Å²) >= 11 is 0. The first-order valence-corrected chi connectivity index (χ1v) is 8.17. The fourth-order valence-electron chi connectivity index (χ4n) is 2.91. The maximum absolute atomic E-state index is 12.2. The fourth-order valence-corrected chi connectivity index (χ4v) is 2.91. The lowest BCUT2D eigenvalue weighted by Gasteiger charge is -2.28. The van der Waals surface area contributed by atoms with Gasteiger partial charge in [0.05, 0.1) is 5.92 Å². The van der Waals surface area contributed by atoms with E-state index in [-0.39, 0.29) is 30.7 Å². The van der Waals surface area contributed by atoms with Crippen molar-refractivity contribution in [3.63, 3.8) is 0 Å². The molecule has 2 amide bonds. The number of carbonyl (C=O) groups is 3. The second kappa shape index (κ2) is 7.95. The quantitative estimate of drug-likeness (QED) is 0.820. The number of rotatable bonds is 6. The summed E-state index contributed by atoms with van der Waals surface area (Å²) in [6, 6.07) is 7.69. The standard InChI is InChI=1S/C18H24N2O4/c1-12-4-3-5-13(8-12)9-15(18(23)24)11-19-17(22)14-6-7-20(2)16(21)10-14/h3-5,8,14-15H,6-7,9-11H2,1-2H3,(H,19,22)(H,23,24)/t14-,15+/m1/s1. The summed E-state index contributed by atoms with van der Waals surface area (Å²) in [5.41, 5.74) is 2.01. The lowest BCUT2D eigenvalue weighted by atomic mass is 9.94. The van der Waals surface area contributed by atoms with Crippen LogP contribution in [-0.2, 0) is 20.8 Å². The van der Waals surface area contributed by atoms with Crippen molar-refractivity contribution in [1.29, 1.82) is 0 Å². The molecule has 2 rings (SSSR count). The molecule has 2 N–H and O–H groups in total. The Kier molecular flexibility index (Phi) is 5.95. The number of piperidine rings is 1. The fraction of sp³-hybridized carbons (Fsp3) is 0.500. The molecule has 1 aliphatic rings. The van der Waals surface area contributed by atoms with Gasteiger partial charge in [-0.15, -0.1) is 0 Å². The van der Waals surface area contributed by atoms with Gasteiger partial charge in [0.1, 0.15) is 0 Å². The Balaban J connectivity index is 1.90.